The zero-order chi connectivity index (χ0) is 13.9. The molecule has 4 heteroatoms. The van der Waals surface area contributed by atoms with Crippen LogP contribution in [0.3, 0.4) is 0 Å². The quantitative estimate of drug-likeness (QED) is 0.920. The van der Waals surface area contributed by atoms with Crippen molar-refractivity contribution < 1.29 is 14.3 Å². The summed E-state index contributed by atoms with van der Waals surface area (Å²) in [7, 11) is 0. The lowest BCUT2D eigenvalue weighted by Crippen LogP contribution is -2.44. The summed E-state index contributed by atoms with van der Waals surface area (Å²) in [5.74, 6) is 4.11. The molecule has 4 saturated carbocycles. The maximum absolute atomic E-state index is 11.0. The average molecular weight is 275 g/mol. The van der Waals surface area contributed by atoms with E-state index in [4.69, 9.17) is 9.52 Å². The smallest absolute Gasteiger partial charge is 0.311 e. The number of aromatic nitrogens is 1. The van der Waals surface area contributed by atoms with Crippen LogP contribution in [0.15, 0.2) is 4.42 Å². The first kappa shape index (κ1) is 12.4. The number of nitrogens with zero attached hydrogens (tertiary/aromatic N) is 1. The number of carboxylic acid groups (broad SMARTS) is 1. The molecule has 0 unspecified atom stereocenters. The van der Waals surface area contributed by atoms with E-state index in [1.165, 1.54) is 32.1 Å². The summed E-state index contributed by atoms with van der Waals surface area (Å²) in [6.07, 6.45) is 6.66. The first-order valence-corrected chi connectivity index (χ1v) is 7.78. The van der Waals surface area contributed by atoms with Crippen molar-refractivity contribution >= 4 is 5.97 Å². The molecule has 0 aliphatic heterocycles. The Labute approximate surface area is 118 Å². The molecule has 20 heavy (non-hydrogen) atoms. The summed E-state index contributed by atoms with van der Waals surface area (Å²) in [5.41, 5.74) is 0.971. The first-order chi connectivity index (χ1) is 9.60. The molecule has 4 fully saturated rings. The molecule has 4 bridgehead atoms. The van der Waals surface area contributed by atoms with E-state index in [0.717, 1.165) is 17.5 Å². The highest BCUT2D eigenvalue weighted by Crippen LogP contribution is 2.59. The Morgan fingerprint density at radius 1 is 1.20 bits per heavy atom. The largest absolute Gasteiger partial charge is 0.481 e. The van der Waals surface area contributed by atoms with E-state index < -0.39 is 5.97 Å². The number of rotatable bonds is 3. The SMILES string of the molecule is Cc1nc(C2C3CC4CC(C3)CC2C4)c(CC(=O)O)o1. The minimum absolute atomic E-state index is 0.0288. The van der Waals surface area contributed by atoms with Gasteiger partial charge in [-0.1, -0.05) is 0 Å². The van der Waals surface area contributed by atoms with Gasteiger partial charge in [0, 0.05) is 12.8 Å². The average Bonchev–Trinajstić information content (AvgIpc) is 2.67. The molecule has 4 aliphatic carbocycles. The van der Waals surface area contributed by atoms with Crippen LogP contribution in [0.2, 0.25) is 0 Å². The van der Waals surface area contributed by atoms with Crippen LogP contribution in [0.1, 0.15) is 55.4 Å². The van der Waals surface area contributed by atoms with Crippen molar-refractivity contribution in [3.05, 3.63) is 17.3 Å². The van der Waals surface area contributed by atoms with Crippen molar-refractivity contribution in [1.29, 1.82) is 0 Å². The molecule has 1 heterocycles. The molecule has 0 radical (unpaired) electrons. The van der Waals surface area contributed by atoms with Gasteiger partial charge < -0.3 is 9.52 Å². The van der Waals surface area contributed by atoms with E-state index >= 15 is 0 Å². The number of hydrogen-bond acceptors (Lipinski definition) is 3. The highest BCUT2D eigenvalue weighted by atomic mass is 16.4. The van der Waals surface area contributed by atoms with E-state index in [1.54, 1.807) is 0 Å². The maximum Gasteiger partial charge on any atom is 0.311 e. The van der Waals surface area contributed by atoms with E-state index in [2.05, 4.69) is 4.98 Å². The third kappa shape index (κ3) is 1.88. The van der Waals surface area contributed by atoms with Gasteiger partial charge in [-0.25, -0.2) is 4.98 Å². The van der Waals surface area contributed by atoms with Crippen LogP contribution >= 0.6 is 0 Å². The van der Waals surface area contributed by atoms with E-state index in [9.17, 15) is 4.79 Å². The van der Waals surface area contributed by atoms with Gasteiger partial charge in [0.2, 0.25) is 0 Å². The summed E-state index contributed by atoms with van der Waals surface area (Å²) in [6.45, 7) is 1.82. The number of oxazole rings is 1. The number of carbonyl (C=O) groups is 1. The van der Waals surface area contributed by atoms with Crippen LogP contribution in [-0.2, 0) is 11.2 Å². The molecule has 4 nitrogen and oxygen atoms in total. The van der Waals surface area contributed by atoms with E-state index in [-0.39, 0.29) is 6.42 Å². The predicted octanol–water partition coefficient (Wildman–Crippen LogP) is 3.15. The van der Waals surface area contributed by atoms with Crippen LogP contribution in [0.25, 0.3) is 0 Å². The Morgan fingerprint density at radius 2 is 1.80 bits per heavy atom. The predicted molar refractivity (Wildman–Crippen MR) is 72.4 cm³/mol. The molecule has 0 saturated heterocycles. The molecule has 1 aromatic heterocycles. The number of hydrogen-bond donors (Lipinski definition) is 1. The van der Waals surface area contributed by atoms with E-state index in [1.807, 2.05) is 6.92 Å². The molecule has 4 aliphatic rings. The second-order valence-electron chi connectivity index (χ2n) is 7.07. The molecule has 1 N–H and O–H groups in total. The van der Waals surface area contributed by atoms with Crippen LogP contribution in [0.5, 0.6) is 0 Å². The van der Waals surface area contributed by atoms with Crippen molar-refractivity contribution in [2.75, 3.05) is 0 Å². The minimum Gasteiger partial charge on any atom is -0.481 e. The van der Waals surface area contributed by atoms with Gasteiger partial charge in [0.25, 0.3) is 0 Å². The van der Waals surface area contributed by atoms with Crippen LogP contribution in [0, 0.1) is 30.6 Å². The molecule has 1 aromatic rings. The Balaban J connectivity index is 1.69. The summed E-state index contributed by atoms with van der Waals surface area (Å²) < 4.78 is 5.59. The third-order valence-corrected chi connectivity index (χ3v) is 5.69. The van der Waals surface area contributed by atoms with Gasteiger partial charge in [0.15, 0.2) is 5.89 Å². The number of carboxylic acids is 1. The fraction of sp³-hybridized carbons (Fsp3) is 0.750. The summed E-state index contributed by atoms with van der Waals surface area (Å²) in [4.78, 5) is 15.6. The zero-order valence-electron chi connectivity index (χ0n) is 11.8. The topological polar surface area (TPSA) is 63.3 Å². The van der Waals surface area contributed by atoms with Crippen LogP contribution in [-0.4, -0.2) is 16.1 Å². The van der Waals surface area contributed by atoms with Gasteiger partial charge in [-0.3, -0.25) is 4.79 Å². The lowest BCUT2D eigenvalue weighted by atomic mass is 9.51. The van der Waals surface area contributed by atoms with Crippen molar-refractivity contribution in [3.63, 3.8) is 0 Å². The molecule has 0 spiro atoms. The Morgan fingerprint density at radius 3 is 2.35 bits per heavy atom. The summed E-state index contributed by atoms with van der Waals surface area (Å²) in [6, 6.07) is 0. The summed E-state index contributed by atoms with van der Waals surface area (Å²) in [5, 5.41) is 9.06. The molecule has 0 atom stereocenters. The molecule has 0 aromatic carbocycles. The second kappa shape index (κ2) is 4.34. The second-order valence-corrected chi connectivity index (χ2v) is 7.07. The van der Waals surface area contributed by atoms with E-state index in [0.29, 0.717) is 29.4 Å². The Bertz CT molecular complexity index is 520. The summed E-state index contributed by atoms with van der Waals surface area (Å²) >= 11 is 0. The molecule has 5 rings (SSSR count). The van der Waals surface area contributed by atoms with Crippen molar-refractivity contribution in [1.82, 2.24) is 4.98 Å². The molecule has 0 amide bonds. The molecular formula is C16H21NO3. The molecular weight excluding hydrogens is 254 g/mol. The Hall–Kier alpha value is -1.32. The number of aliphatic carboxylic acids is 1. The normalized spacial score (nSPS) is 38.4. The monoisotopic (exact) mass is 275 g/mol. The van der Waals surface area contributed by atoms with Crippen LogP contribution in [0.4, 0.5) is 0 Å². The highest BCUT2D eigenvalue weighted by Gasteiger charge is 2.50. The zero-order valence-corrected chi connectivity index (χ0v) is 11.8. The van der Waals surface area contributed by atoms with Gasteiger partial charge in [0.1, 0.15) is 12.2 Å². The minimum atomic E-state index is -0.828. The van der Waals surface area contributed by atoms with Crippen molar-refractivity contribution in [2.24, 2.45) is 23.7 Å². The first-order valence-electron chi connectivity index (χ1n) is 7.78. The fourth-order valence-corrected chi connectivity index (χ4v) is 5.38. The lowest BCUT2D eigenvalue weighted by molar-refractivity contribution is -0.136. The van der Waals surface area contributed by atoms with Gasteiger partial charge in [-0.15, -0.1) is 0 Å². The standard InChI is InChI=1S/C16H21NO3/c1-8-17-16(13(20-8)7-14(18)19)15-11-3-9-2-10(5-11)6-12(15)4-9/h9-12,15H,2-7H2,1H3,(H,18,19). The fourth-order valence-electron chi connectivity index (χ4n) is 5.38. The Kier molecular flexibility index (Phi) is 2.69. The number of aryl methyl sites for hydroxylation is 1. The van der Waals surface area contributed by atoms with Crippen LogP contribution < -0.4 is 0 Å². The van der Waals surface area contributed by atoms with Gasteiger partial charge in [-0.05, 0) is 55.8 Å². The van der Waals surface area contributed by atoms with Gasteiger partial charge in [0.05, 0.1) is 5.69 Å². The third-order valence-electron chi connectivity index (χ3n) is 5.69. The maximum atomic E-state index is 11.0. The highest BCUT2D eigenvalue weighted by molar-refractivity contribution is 5.69. The molecule has 108 valence electrons. The van der Waals surface area contributed by atoms with Gasteiger partial charge >= 0.3 is 5.97 Å². The van der Waals surface area contributed by atoms with Crippen molar-refractivity contribution in [3.8, 4) is 0 Å². The lowest BCUT2D eigenvalue weighted by Gasteiger charge is -2.54. The van der Waals surface area contributed by atoms with Crippen molar-refractivity contribution in [2.45, 2.75) is 51.4 Å². The van der Waals surface area contributed by atoms with Gasteiger partial charge in [-0.2, -0.15) is 0 Å².